The number of hydrogen-bond acceptors (Lipinski definition) is 3. The van der Waals surface area contributed by atoms with Crippen molar-refractivity contribution in [3.63, 3.8) is 0 Å². The van der Waals surface area contributed by atoms with Crippen LogP contribution in [0, 0.1) is 12.7 Å². The number of nitrogens with zero attached hydrogens (tertiary/aromatic N) is 1. The highest BCUT2D eigenvalue weighted by Crippen LogP contribution is 2.36. The van der Waals surface area contributed by atoms with Crippen LogP contribution in [0.4, 0.5) is 4.39 Å². The molecule has 3 aromatic rings. The van der Waals surface area contributed by atoms with Gasteiger partial charge in [0.1, 0.15) is 18.2 Å². The Balaban J connectivity index is 0.00000385. The van der Waals surface area contributed by atoms with Gasteiger partial charge in [0, 0.05) is 13.2 Å². The molecule has 0 atom stereocenters. The van der Waals surface area contributed by atoms with Gasteiger partial charge in [-0.2, -0.15) is 0 Å². The summed E-state index contributed by atoms with van der Waals surface area (Å²) in [5.41, 5.74) is 6.17. The van der Waals surface area contributed by atoms with E-state index in [2.05, 4.69) is 48.2 Å². The summed E-state index contributed by atoms with van der Waals surface area (Å²) < 4.78 is 20.0. The fourth-order valence-electron chi connectivity index (χ4n) is 3.64. The molecule has 1 N–H and O–H groups in total. The summed E-state index contributed by atoms with van der Waals surface area (Å²) in [7, 11) is 4.04. The number of hydrogen-bond donors (Lipinski definition) is 1. The van der Waals surface area contributed by atoms with E-state index in [0.717, 1.165) is 40.1 Å². The van der Waals surface area contributed by atoms with E-state index in [4.69, 9.17) is 4.74 Å². The Kier molecular flexibility index (Phi) is 10.6. The molecule has 0 saturated heterocycles. The van der Waals surface area contributed by atoms with Crippen LogP contribution in [0.3, 0.4) is 0 Å². The van der Waals surface area contributed by atoms with E-state index in [9.17, 15) is 9.50 Å². The number of halogens is 2. The van der Waals surface area contributed by atoms with Gasteiger partial charge < -0.3 is 14.7 Å². The van der Waals surface area contributed by atoms with Gasteiger partial charge in [0.25, 0.3) is 0 Å². The van der Waals surface area contributed by atoms with Crippen molar-refractivity contribution >= 4 is 23.6 Å². The van der Waals surface area contributed by atoms with Gasteiger partial charge in [0.2, 0.25) is 0 Å². The summed E-state index contributed by atoms with van der Waals surface area (Å²) in [6.07, 6.45) is 1.25. The molecule has 0 aliphatic rings. The lowest BCUT2D eigenvalue weighted by molar-refractivity contribution is 0.261. The Morgan fingerprint density at radius 3 is 2.12 bits per heavy atom. The van der Waals surface area contributed by atoms with Crippen LogP contribution < -0.4 is 4.74 Å². The zero-order valence-corrected chi connectivity index (χ0v) is 20.4. The first kappa shape index (κ1) is 26.6. The second-order valence-corrected chi connectivity index (χ2v) is 8.23. The molecule has 0 aromatic heterocycles. The molecule has 0 aliphatic heterocycles. The molecular weight excluding hydrogens is 437 g/mol. The van der Waals surface area contributed by atoms with Crippen LogP contribution in [-0.4, -0.2) is 43.9 Å². The Bertz CT molecular complexity index is 1030. The molecule has 0 radical (unpaired) electrons. The van der Waals surface area contributed by atoms with E-state index in [1.54, 1.807) is 12.1 Å². The van der Waals surface area contributed by atoms with E-state index in [1.807, 2.05) is 32.3 Å². The highest BCUT2D eigenvalue weighted by atomic mass is 35.5. The highest BCUT2D eigenvalue weighted by Gasteiger charge is 2.15. The smallest absolute Gasteiger partial charge is 0.123 e. The molecule has 3 rings (SSSR count). The molecule has 3 aromatic carbocycles. The van der Waals surface area contributed by atoms with Crippen LogP contribution in [0.25, 0.3) is 11.1 Å². The van der Waals surface area contributed by atoms with E-state index >= 15 is 0 Å². The normalized spacial score (nSPS) is 11.7. The van der Waals surface area contributed by atoms with Crippen LogP contribution >= 0.6 is 12.4 Å². The average Bonchev–Trinajstić information content (AvgIpc) is 2.78. The lowest BCUT2D eigenvalue weighted by Gasteiger charge is -2.18. The molecule has 3 nitrogen and oxygen atoms in total. The Hall–Kier alpha value is -2.66. The van der Waals surface area contributed by atoms with Crippen molar-refractivity contribution in [3.05, 3.63) is 101 Å². The molecule has 0 fully saturated rings. The number of likely N-dealkylation sites (N-methyl/N-ethyl adjacent to an activating group) is 1. The van der Waals surface area contributed by atoms with E-state index in [0.29, 0.717) is 19.4 Å². The first-order valence-corrected chi connectivity index (χ1v) is 11.0. The third kappa shape index (κ3) is 7.71. The van der Waals surface area contributed by atoms with Crippen LogP contribution in [0.2, 0.25) is 0 Å². The molecule has 0 spiro atoms. The molecule has 5 heteroatoms. The summed E-state index contributed by atoms with van der Waals surface area (Å²) in [6, 6.07) is 23.1. The van der Waals surface area contributed by atoms with Gasteiger partial charge in [-0.05, 0) is 86.0 Å². The fraction of sp³-hybridized carbons (Fsp3) is 0.286. The zero-order valence-electron chi connectivity index (χ0n) is 19.6. The van der Waals surface area contributed by atoms with Crippen LogP contribution in [0.1, 0.15) is 35.1 Å². The zero-order chi connectivity index (χ0) is 22.9. The van der Waals surface area contributed by atoms with E-state index in [1.165, 1.54) is 11.6 Å². The molecule has 176 valence electrons. The molecule has 0 aliphatic carbocycles. The van der Waals surface area contributed by atoms with Crippen molar-refractivity contribution in [3.8, 4) is 5.75 Å². The number of aliphatic hydroxyl groups is 1. The highest BCUT2D eigenvalue weighted by molar-refractivity contribution is 5.98. The second kappa shape index (κ2) is 13.1. The predicted molar refractivity (Wildman–Crippen MR) is 138 cm³/mol. The van der Waals surface area contributed by atoms with Gasteiger partial charge in [0.05, 0.1) is 0 Å². The van der Waals surface area contributed by atoms with Crippen molar-refractivity contribution in [2.75, 3.05) is 33.9 Å². The fourth-order valence-corrected chi connectivity index (χ4v) is 3.64. The lowest BCUT2D eigenvalue weighted by Crippen LogP contribution is -2.19. The minimum atomic E-state index is -0.267. The van der Waals surface area contributed by atoms with E-state index in [-0.39, 0.29) is 24.8 Å². The van der Waals surface area contributed by atoms with Crippen molar-refractivity contribution in [1.82, 2.24) is 4.90 Å². The number of rotatable bonds is 10. The number of allylic oxidation sites excluding steroid dienone is 1. The van der Waals surface area contributed by atoms with Gasteiger partial charge in [-0.1, -0.05) is 54.1 Å². The van der Waals surface area contributed by atoms with Gasteiger partial charge in [0.15, 0.2) is 0 Å². The third-order valence-corrected chi connectivity index (χ3v) is 5.35. The van der Waals surface area contributed by atoms with Gasteiger partial charge >= 0.3 is 0 Å². The molecule has 0 unspecified atom stereocenters. The summed E-state index contributed by atoms with van der Waals surface area (Å²) in [4.78, 5) is 2.08. The molecule has 33 heavy (non-hydrogen) atoms. The SMILES string of the molecule is Cc1ccc(/C(=C(\CCCO)c2cccc(F)c2)c2ccc(OCCN(C)C)cc2)cc1.Cl. The van der Waals surface area contributed by atoms with Crippen molar-refractivity contribution in [2.45, 2.75) is 19.8 Å². The molecule has 0 saturated carbocycles. The number of ether oxygens (including phenoxy) is 1. The Morgan fingerprint density at radius 1 is 0.909 bits per heavy atom. The third-order valence-electron chi connectivity index (χ3n) is 5.35. The van der Waals surface area contributed by atoms with Gasteiger partial charge in [-0.25, -0.2) is 4.39 Å². The summed E-state index contributed by atoms with van der Waals surface area (Å²) in [6.45, 7) is 3.62. The van der Waals surface area contributed by atoms with Gasteiger partial charge in [-0.15, -0.1) is 12.4 Å². The molecule has 0 amide bonds. The Morgan fingerprint density at radius 2 is 1.55 bits per heavy atom. The van der Waals surface area contributed by atoms with Crippen LogP contribution in [0.15, 0.2) is 72.8 Å². The van der Waals surface area contributed by atoms with E-state index < -0.39 is 0 Å². The predicted octanol–water partition coefficient (Wildman–Crippen LogP) is 6.23. The summed E-state index contributed by atoms with van der Waals surface area (Å²) in [5.74, 6) is 0.554. The molecule has 0 heterocycles. The standard InChI is InChI=1S/C28H32FNO2.ClH/c1-21-9-11-22(12-10-21)28(23-13-15-26(16-14-23)32-19-17-30(2)3)27(8-5-18-31)24-6-4-7-25(29)20-24;/h4,6-7,9-16,20,31H,5,8,17-19H2,1-3H3;1H/b28-27-;. The largest absolute Gasteiger partial charge is 0.492 e. The van der Waals surface area contributed by atoms with Crippen molar-refractivity contribution in [2.24, 2.45) is 0 Å². The summed E-state index contributed by atoms with van der Waals surface area (Å²) in [5, 5.41) is 9.52. The van der Waals surface area contributed by atoms with Crippen molar-refractivity contribution in [1.29, 1.82) is 0 Å². The van der Waals surface area contributed by atoms with Crippen LogP contribution in [-0.2, 0) is 0 Å². The first-order valence-electron chi connectivity index (χ1n) is 11.0. The quantitative estimate of drug-likeness (QED) is 0.357. The maximum absolute atomic E-state index is 14.1. The minimum Gasteiger partial charge on any atom is -0.492 e. The average molecular weight is 470 g/mol. The first-order chi connectivity index (χ1) is 15.5. The minimum absolute atomic E-state index is 0. The van der Waals surface area contributed by atoms with Crippen molar-refractivity contribution < 1.29 is 14.2 Å². The van der Waals surface area contributed by atoms with Gasteiger partial charge in [-0.3, -0.25) is 0 Å². The number of aryl methyl sites for hydroxylation is 1. The maximum atomic E-state index is 14.1. The lowest BCUT2D eigenvalue weighted by atomic mass is 9.87. The monoisotopic (exact) mass is 469 g/mol. The molecular formula is C28H33ClFNO2. The maximum Gasteiger partial charge on any atom is 0.123 e. The number of benzene rings is 3. The molecule has 0 bridgehead atoms. The Labute approximate surface area is 202 Å². The second-order valence-electron chi connectivity index (χ2n) is 8.23. The number of aliphatic hydroxyl groups excluding tert-OH is 1. The van der Waals surface area contributed by atoms with Crippen LogP contribution in [0.5, 0.6) is 5.75 Å². The summed E-state index contributed by atoms with van der Waals surface area (Å²) >= 11 is 0. The topological polar surface area (TPSA) is 32.7 Å².